The summed E-state index contributed by atoms with van der Waals surface area (Å²) in [6, 6.07) is 14.7. The van der Waals surface area contributed by atoms with Gasteiger partial charge in [0.2, 0.25) is 0 Å². The molecule has 5 heteroatoms. The van der Waals surface area contributed by atoms with Crippen molar-refractivity contribution in [2.24, 2.45) is 0 Å². The molecule has 21 heavy (non-hydrogen) atoms. The number of rotatable bonds is 5. The van der Waals surface area contributed by atoms with Gasteiger partial charge < -0.3 is 15.2 Å². The van der Waals surface area contributed by atoms with Crippen LogP contribution < -0.4 is 10.4 Å². The maximum absolute atomic E-state index is 12.0. The van der Waals surface area contributed by atoms with Crippen molar-refractivity contribution < 1.29 is 14.7 Å². The van der Waals surface area contributed by atoms with E-state index in [1.807, 2.05) is 30.3 Å². The summed E-state index contributed by atoms with van der Waals surface area (Å²) in [5.41, 5.74) is 1.22. The summed E-state index contributed by atoms with van der Waals surface area (Å²) in [6.45, 7) is 0. The largest absolute Gasteiger partial charge is 0.548 e. The van der Waals surface area contributed by atoms with Crippen LogP contribution in [-0.4, -0.2) is 17.9 Å². The average Bonchev–Trinajstić information content (AvgIpc) is 2.48. The second kappa shape index (κ2) is 7.04. The van der Waals surface area contributed by atoms with Gasteiger partial charge in [-0.15, -0.1) is 0 Å². The molecular weight excluding hydrogens is 334 g/mol. The highest BCUT2D eigenvalue weighted by atomic mass is 79.9. The van der Waals surface area contributed by atoms with Crippen LogP contribution >= 0.6 is 15.9 Å². The lowest BCUT2D eigenvalue weighted by Crippen LogP contribution is -2.49. The van der Waals surface area contributed by atoms with Crippen LogP contribution in [0.1, 0.15) is 15.9 Å². The highest BCUT2D eigenvalue weighted by Crippen LogP contribution is 2.11. The number of carbonyl (C=O) groups is 2. The minimum absolute atomic E-state index is 0.186. The Morgan fingerprint density at radius 3 is 2.24 bits per heavy atom. The molecule has 108 valence electrons. The number of benzene rings is 2. The van der Waals surface area contributed by atoms with Crippen molar-refractivity contribution in [2.45, 2.75) is 12.5 Å². The molecule has 0 aliphatic heterocycles. The summed E-state index contributed by atoms with van der Waals surface area (Å²) in [4.78, 5) is 23.2. The highest BCUT2D eigenvalue weighted by Gasteiger charge is 2.15. The van der Waals surface area contributed by atoms with E-state index in [2.05, 4.69) is 21.2 Å². The number of carboxylic acids is 1. The van der Waals surface area contributed by atoms with Crippen LogP contribution in [0.25, 0.3) is 0 Å². The van der Waals surface area contributed by atoms with E-state index >= 15 is 0 Å². The van der Waals surface area contributed by atoms with Crippen LogP contribution in [0.15, 0.2) is 59.1 Å². The second-order valence-corrected chi connectivity index (χ2v) is 5.46. The number of carboxylic acid groups (broad SMARTS) is 1. The maximum Gasteiger partial charge on any atom is 0.251 e. The molecule has 2 aromatic carbocycles. The summed E-state index contributed by atoms with van der Waals surface area (Å²) in [5, 5.41) is 13.7. The molecular formula is C16H13BrNO3-. The SMILES string of the molecule is O=C(N[C@@H](Cc1ccccc1)C(=O)[O-])c1ccc(Br)cc1. The van der Waals surface area contributed by atoms with E-state index in [1.54, 1.807) is 24.3 Å². The second-order valence-electron chi connectivity index (χ2n) is 4.54. The van der Waals surface area contributed by atoms with Crippen LogP contribution in [-0.2, 0) is 11.2 Å². The molecule has 2 rings (SSSR count). The third-order valence-electron chi connectivity index (χ3n) is 2.98. The predicted octanol–water partition coefficient (Wildman–Crippen LogP) is 1.54. The van der Waals surface area contributed by atoms with E-state index < -0.39 is 17.9 Å². The summed E-state index contributed by atoms with van der Waals surface area (Å²) in [6.07, 6.45) is 0.186. The summed E-state index contributed by atoms with van der Waals surface area (Å²) < 4.78 is 0.847. The van der Waals surface area contributed by atoms with Crippen molar-refractivity contribution in [1.82, 2.24) is 5.32 Å². The molecule has 0 fully saturated rings. The molecule has 0 radical (unpaired) electrons. The summed E-state index contributed by atoms with van der Waals surface area (Å²) in [5.74, 6) is -1.74. The first-order valence-corrected chi connectivity index (χ1v) is 7.17. The molecule has 1 atom stereocenters. The molecule has 2 aromatic rings. The molecule has 0 spiro atoms. The Morgan fingerprint density at radius 2 is 1.67 bits per heavy atom. The van der Waals surface area contributed by atoms with Gasteiger partial charge in [0.1, 0.15) is 0 Å². The van der Waals surface area contributed by atoms with Gasteiger partial charge in [-0.3, -0.25) is 4.79 Å². The zero-order chi connectivity index (χ0) is 15.2. The summed E-state index contributed by atoms with van der Waals surface area (Å²) in [7, 11) is 0. The topological polar surface area (TPSA) is 69.2 Å². The number of aliphatic carboxylic acids is 1. The molecule has 0 heterocycles. The van der Waals surface area contributed by atoms with E-state index in [-0.39, 0.29) is 6.42 Å². The van der Waals surface area contributed by atoms with Gasteiger partial charge in [-0.05, 0) is 36.2 Å². The fourth-order valence-electron chi connectivity index (χ4n) is 1.89. The molecule has 0 saturated carbocycles. The molecule has 0 aromatic heterocycles. The molecule has 1 amide bonds. The molecule has 0 bridgehead atoms. The van der Waals surface area contributed by atoms with Crippen LogP contribution in [0.2, 0.25) is 0 Å². The van der Waals surface area contributed by atoms with E-state index in [9.17, 15) is 14.7 Å². The monoisotopic (exact) mass is 346 g/mol. The minimum Gasteiger partial charge on any atom is -0.548 e. The minimum atomic E-state index is -1.30. The fourth-order valence-corrected chi connectivity index (χ4v) is 2.15. The Kier molecular flexibility index (Phi) is 5.11. The lowest BCUT2D eigenvalue weighted by Gasteiger charge is -2.20. The number of hydrogen-bond acceptors (Lipinski definition) is 3. The maximum atomic E-state index is 12.0. The van der Waals surface area contributed by atoms with Gasteiger partial charge in [0.05, 0.1) is 12.0 Å². The van der Waals surface area contributed by atoms with E-state index in [4.69, 9.17) is 0 Å². The number of nitrogens with one attached hydrogen (secondary N) is 1. The summed E-state index contributed by atoms with van der Waals surface area (Å²) >= 11 is 3.28. The molecule has 4 nitrogen and oxygen atoms in total. The van der Waals surface area contributed by atoms with Gasteiger partial charge >= 0.3 is 0 Å². The van der Waals surface area contributed by atoms with Crippen molar-refractivity contribution >= 4 is 27.8 Å². The van der Waals surface area contributed by atoms with E-state index in [0.29, 0.717) is 5.56 Å². The Balaban J connectivity index is 2.07. The standard InChI is InChI=1S/C16H14BrNO3/c17-13-8-6-12(7-9-13)15(19)18-14(16(20)21)10-11-4-2-1-3-5-11/h1-9,14H,10H2,(H,18,19)(H,20,21)/p-1/t14-/m0/s1. The number of hydrogen-bond donors (Lipinski definition) is 1. The molecule has 1 N–H and O–H groups in total. The predicted molar refractivity (Wildman–Crippen MR) is 80.5 cm³/mol. The number of amides is 1. The Bertz CT molecular complexity index is 626. The van der Waals surface area contributed by atoms with Gasteiger partial charge in [-0.2, -0.15) is 0 Å². The average molecular weight is 347 g/mol. The Morgan fingerprint density at radius 1 is 1.05 bits per heavy atom. The third kappa shape index (κ3) is 4.43. The fraction of sp³-hybridized carbons (Fsp3) is 0.125. The van der Waals surface area contributed by atoms with Gasteiger partial charge in [0, 0.05) is 10.0 Å². The van der Waals surface area contributed by atoms with Gasteiger partial charge in [-0.25, -0.2) is 0 Å². The lowest BCUT2D eigenvalue weighted by atomic mass is 10.1. The normalized spacial score (nSPS) is 11.7. The quantitative estimate of drug-likeness (QED) is 0.892. The van der Waals surface area contributed by atoms with Crippen molar-refractivity contribution in [2.75, 3.05) is 0 Å². The van der Waals surface area contributed by atoms with Crippen molar-refractivity contribution in [3.8, 4) is 0 Å². The Labute approximate surface area is 130 Å². The van der Waals surface area contributed by atoms with Crippen LogP contribution in [0, 0.1) is 0 Å². The van der Waals surface area contributed by atoms with Gasteiger partial charge in [0.15, 0.2) is 0 Å². The molecule has 0 aliphatic carbocycles. The van der Waals surface area contributed by atoms with Crippen LogP contribution in [0.4, 0.5) is 0 Å². The molecule has 0 saturated heterocycles. The number of halogens is 1. The number of carbonyl (C=O) groups excluding carboxylic acids is 2. The van der Waals surface area contributed by atoms with E-state index in [0.717, 1.165) is 10.0 Å². The van der Waals surface area contributed by atoms with Crippen molar-refractivity contribution in [3.05, 3.63) is 70.2 Å². The lowest BCUT2D eigenvalue weighted by molar-refractivity contribution is -0.308. The zero-order valence-corrected chi connectivity index (χ0v) is 12.7. The molecule has 0 unspecified atom stereocenters. The zero-order valence-electron chi connectivity index (χ0n) is 11.1. The Hall–Kier alpha value is -2.14. The first-order valence-electron chi connectivity index (χ1n) is 6.37. The van der Waals surface area contributed by atoms with Gasteiger partial charge in [0.25, 0.3) is 5.91 Å². The van der Waals surface area contributed by atoms with Gasteiger partial charge in [-0.1, -0.05) is 46.3 Å². The van der Waals surface area contributed by atoms with Crippen molar-refractivity contribution in [3.63, 3.8) is 0 Å². The molecule has 0 aliphatic rings. The van der Waals surface area contributed by atoms with Crippen LogP contribution in [0.5, 0.6) is 0 Å². The highest BCUT2D eigenvalue weighted by molar-refractivity contribution is 9.10. The first-order chi connectivity index (χ1) is 10.1. The first kappa shape index (κ1) is 15.3. The van der Waals surface area contributed by atoms with Crippen molar-refractivity contribution in [1.29, 1.82) is 0 Å². The smallest absolute Gasteiger partial charge is 0.251 e. The third-order valence-corrected chi connectivity index (χ3v) is 3.51. The van der Waals surface area contributed by atoms with E-state index in [1.165, 1.54) is 0 Å². The van der Waals surface area contributed by atoms with Crippen LogP contribution in [0.3, 0.4) is 0 Å².